The molecule has 2 aliphatic carbocycles. The molecule has 0 heterocycles. The van der Waals surface area contributed by atoms with Crippen LogP contribution in [0.4, 0.5) is 0 Å². The van der Waals surface area contributed by atoms with E-state index in [0.29, 0.717) is 6.02 Å². The SMILES string of the molecule is CCCC=NOC(=NC1CCCCC1)N(C(C)=O)C1CCCCC1. The third kappa shape index (κ3) is 5.91. The number of carbonyl (C=O) groups excluding carboxylic acids is 1. The third-order valence-electron chi connectivity index (χ3n) is 4.98. The number of hydrogen-bond acceptors (Lipinski definition) is 4. The molecule has 1 amide bonds. The number of aliphatic imine (C=N–C) groups is 1. The Morgan fingerprint density at radius 1 is 1.08 bits per heavy atom. The Balaban J connectivity index is 2.15. The van der Waals surface area contributed by atoms with Crippen molar-refractivity contribution in [2.75, 3.05) is 0 Å². The van der Waals surface area contributed by atoms with Gasteiger partial charge in [-0.05, 0) is 32.1 Å². The Kier molecular flexibility index (Phi) is 8.26. The third-order valence-corrected chi connectivity index (χ3v) is 4.98. The van der Waals surface area contributed by atoms with Crippen LogP contribution in [0.1, 0.15) is 90.9 Å². The van der Waals surface area contributed by atoms with Crippen LogP contribution in [-0.2, 0) is 9.63 Å². The molecule has 0 spiro atoms. The minimum absolute atomic E-state index is 0.0159. The summed E-state index contributed by atoms with van der Waals surface area (Å²) in [5.74, 6) is 0.0159. The molecule has 0 saturated heterocycles. The van der Waals surface area contributed by atoms with E-state index in [0.717, 1.165) is 38.5 Å². The number of hydrogen-bond donors (Lipinski definition) is 0. The highest BCUT2D eigenvalue weighted by atomic mass is 16.6. The number of oxime groups is 1. The van der Waals surface area contributed by atoms with Gasteiger partial charge in [0.05, 0.1) is 6.04 Å². The summed E-state index contributed by atoms with van der Waals surface area (Å²) in [4.78, 5) is 24.6. The number of amides is 1. The van der Waals surface area contributed by atoms with Gasteiger partial charge in [0.2, 0.25) is 5.91 Å². The molecule has 24 heavy (non-hydrogen) atoms. The first-order valence-corrected chi connectivity index (χ1v) is 9.78. The van der Waals surface area contributed by atoms with E-state index in [4.69, 9.17) is 9.83 Å². The molecule has 5 nitrogen and oxygen atoms in total. The fraction of sp³-hybridized carbons (Fsp3) is 0.842. The molecule has 2 saturated carbocycles. The Hall–Kier alpha value is -1.39. The van der Waals surface area contributed by atoms with Crippen LogP contribution in [0.15, 0.2) is 10.1 Å². The molecule has 2 rings (SSSR count). The van der Waals surface area contributed by atoms with Crippen molar-refractivity contribution in [3.05, 3.63) is 0 Å². The Morgan fingerprint density at radius 2 is 1.71 bits per heavy atom. The van der Waals surface area contributed by atoms with Gasteiger partial charge in [-0.3, -0.25) is 9.69 Å². The lowest BCUT2D eigenvalue weighted by Gasteiger charge is -2.33. The molecule has 136 valence electrons. The Labute approximate surface area is 146 Å². The smallest absolute Gasteiger partial charge is 0.317 e. The molecule has 0 aromatic heterocycles. The van der Waals surface area contributed by atoms with E-state index < -0.39 is 0 Å². The molecule has 0 bridgehead atoms. The molecule has 0 atom stereocenters. The zero-order valence-corrected chi connectivity index (χ0v) is 15.4. The van der Waals surface area contributed by atoms with Gasteiger partial charge in [-0.1, -0.05) is 57.0 Å². The number of carbonyl (C=O) groups is 1. The van der Waals surface area contributed by atoms with Gasteiger partial charge in [0.25, 0.3) is 0 Å². The zero-order valence-electron chi connectivity index (χ0n) is 15.4. The van der Waals surface area contributed by atoms with Gasteiger partial charge in [0.1, 0.15) is 0 Å². The van der Waals surface area contributed by atoms with Gasteiger partial charge in [-0.25, -0.2) is 4.99 Å². The average molecular weight is 335 g/mol. The maximum absolute atomic E-state index is 12.3. The number of rotatable bonds is 5. The fourth-order valence-electron chi connectivity index (χ4n) is 3.65. The van der Waals surface area contributed by atoms with E-state index in [1.165, 1.54) is 38.5 Å². The second-order valence-corrected chi connectivity index (χ2v) is 7.05. The Bertz CT molecular complexity index is 436. The van der Waals surface area contributed by atoms with Gasteiger partial charge in [-0.2, -0.15) is 0 Å². The van der Waals surface area contributed by atoms with E-state index >= 15 is 0 Å². The van der Waals surface area contributed by atoms with Crippen molar-refractivity contribution < 1.29 is 9.63 Å². The van der Waals surface area contributed by atoms with Crippen LogP contribution in [0.2, 0.25) is 0 Å². The van der Waals surface area contributed by atoms with Crippen LogP contribution >= 0.6 is 0 Å². The van der Waals surface area contributed by atoms with Crippen LogP contribution in [0.25, 0.3) is 0 Å². The molecule has 0 aromatic rings. The summed E-state index contributed by atoms with van der Waals surface area (Å²) in [5, 5.41) is 4.08. The standard InChI is InChI=1S/C19H33N3O2/c1-3-4-15-20-24-19(21-17-11-7-5-8-12-17)22(16(2)23)18-13-9-6-10-14-18/h15,17-18H,3-14H2,1-2H3. The van der Waals surface area contributed by atoms with E-state index in [1.54, 1.807) is 18.0 Å². The normalized spacial score (nSPS) is 21.2. The molecule has 0 aliphatic heterocycles. The first kappa shape index (κ1) is 18.9. The fourth-order valence-corrected chi connectivity index (χ4v) is 3.65. The lowest BCUT2D eigenvalue weighted by atomic mass is 9.94. The molecular weight excluding hydrogens is 302 g/mol. The van der Waals surface area contributed by atoms with Gasteiger partial charge >= 0.3 is 6.02 Å². The van der Waals surface area contributed by atoms with Crippen molar-refractivity contribution in [2.45, 2.75) is 103 Å². The van der Waals surface area contributed by atoms with Gasteiger partial charge in [0, 0.05) is 19.2 Å². The molecule has 0 aromatic carbocycles. The summed E-state index contributed by atoms with van der Waals surface area (Å²) < 4.78 is 0. The minimum atomic E-state index is 0.0159. The summed E-state index contributed by atoms with van der Waals surface area (Å²) in [7, 11) is 0. The average Bonchev–Trinajstić information content (AvgIpc) is 2.60. The van der Waals surface area contributed by atoms with Gasteiger partial charge < -0.3 is 4.84 Å². The van der Waals surface area contributed by atoms with Gasteiger partial charge in [-0.15, -0.1) is 0 Å². The van der Waals surface area contributed by atoms with Crippen molar-refractivity contribution in [2.24, 2.45) is 10.1 Å². The van der Waals surface area contributed by atoms with Crippen molar-refractivity contribution in [1.29, 1.82) is 0 Å². The summed E-state index contributed by atoms with van der Waals surface area (Å²) in [5.41, 5.74) is 0. The molecule has 0 unspecified atom stereocenters. The van der Waals surface area contributed by atoms with Crippen molar-refractivity contribution in [3.63, 3.8) is 0 Å². The van der Waals surface area contributed by atoms with Crippen LogP contribution < -0.4 is 0 Å². The highest BCUT2D eigenvalue weighted by Crippen LogP contribution is 2.25. The summed E-state index contributed by atoms with van der Waals surface area (Å²) in [6.45, 7) is 3.72. The molecule has 2 aliphatic rings. The second kappa shape index (κ2) is 10.5. The monoisotopic (exact) mass is 335 g/mol. The number of nitrogens with zero attached hydrogens (tertiary/aromatic N) is 3. The Morgan fingerprint density at radius 3 is 2.29 bits per heavy atom. The van der Waals surface area contributed by atoms with Crippen molar-refractivity contribution in [1.82, 2.24) is 4.90 Å². The summed E-state index contributed by atoms with van der Waals surface area (Å²) in [6.07, 6.45) is 15.2. The van der Waals surface area contributed by atoms with Crippen LogP contribution in [0, 0.1) is 0 Å². The highest BCUT2D eigenvalue weighted by Gasteiger charge is 2.30. The lowest BCUT2D eigenvalue weighted by molar-refractivity contribution is -0.128. The zero-order chi connectivity index (χ0) is 17.2. The minimum Gasteiger partial charge on any atom is -0.317 e. The first-order chi connectivity index (χ1) is 11.7. The second-order valence-electron chi connectivity index (χ2n) is 7.05. The van der Waals surface area contributed by atoms with Crippen molar-refractivity contribution in [3.8, 4) is 0 Å². The topological polar surface area (TPSA) is 54.3 Å². The maximum atomic E-state index is 12.3. The van der Waals surface area contributed by atoms with Crippen LogP contribution in [0.3, 0.4) is 0 Å². The molecule has 2 fully saturated rings. The lowest BCUT2D eigenvalue weighted by Crippen LogP contribution is -2.45. The van der Waals surface area contributed by atoms with E-state index in [-0.39, 0.29) is 18.0 Å². The summed E-state index contributed by atoms with van der Waals surface area (Å²) in [6, 6.07) is 0.897. The van der Waals surface area contributed by atoms with Gasteiger partial charge in [0.15, 0.2) is 0 Å². The summed E-state index contributed by atoms with van der Waals surface area (Å²) >= 11 is 0. The quantitative estimate of drug-likeness (QED) is 0.417. The largest absolute Gasteiger partial charge is 0.324 e. The van der Waals surface area contributed by atoms with E-state index in [9.17, 15) is 4.79 Å². The molecular formula is C19H33N3O2. The van der Waals surface area contributed by atoms with Crippen molar-refractivity contribution >= 4 is 18.1 Å². The molecule has 0 radical (unpaired) electrons. The predicted octanol–water partition coefficient (Wildman–Crippen LogP) is 4.66. The van der Waals surface area contributed by atoms with E-state index in [1.807, 2.05) is 0 Å². The van der Waals surface area contributed by atoms with E-state index in [2.05, 4.69) is 12.1 Å². The van der Waals surface area contributed by atoms with Crippen LogP contribution in [0.5, 0.6) is 0 Å². The first-order valence-electron chi connectivity index (χ1n) is 9.78. The molecule has 0 N–H and O–H groups in total. The maximum Gasteiger partial charge on any atom is 0.324 e. The number of unbranched alkanes of at least 4 members (excludes halogenated alkanes) is 1. The van der Waals surface area contributed by atoms with Crippen LogP contribution in [-0.4, -0.2) is 35.1 Å². The predicted molar refractivity (Wildman–Crippen MR) is 98.2 cm³/mol. The number of amidine groups is 1. The molecule has 5 heteroatoms. The highest BCUT2D eigenvalue weighted by molar-refractivity contribution is 5.93.